The molecule has 0 bridgehead atoms. The first-order valence-corrected chi connectivity index (χ1v) is 7.96. The second-order valence-corrected chi connectivity index (χ2v) is 6.32. The van der Waals surface area contributed by atoms with Crippen molar-refractivity contribution in [3.8, 4) is 6.07 Å². The zero-order chi connectivity index (χ0) is 16.8. The van der Waals surface area contributed by atoms with Gasteiger partial charge in [0.2, 0.25) is 11.4 Å². The van der Waals surface area contributed by atoms with Crippen LogP contribution in [0.25, 0.3) is 10.8 Å². The maximum atomic E-state index is 9.39. The van der Waals surface area contributed by atoms with Crippen LogP contribution in [0.3, 0.4) is 0 Å². The van der Waals surface area contributed by atoms with Crippen LogP contribution >= 0.6 is 0 Å². The van der Waals surface area contributed by atoms with E-state index in [4.69, 9.17) is 0 Å². The number of nitrogens with zero attached hydrogens (tertiary/aromatic N) is 3. The second-order valence-electron chi connectivity index (χ2n) is 6.32. The lowest BCUT2D eigenvalue weighted by Crippen LogP contribution is -2.12. The van der Waals surface area contributed by atoms with Gasteiger partial charge in [-0.05, 0) is 36.4 Å². The summed E-state index contributed by atoms with van der Waals surface area (Å²) >= 11 is 0. The number of nitriles is 1. The van der Waals surface area contributed by atoms with Crippen molar-refractivity contribution in [3.05, 3.63) is 71.3 Å². The van der Waals surface area contributed by atoms with Gasteiger partial charge in [0, 0.05) is 36.8 Å². The van der Waals surface area contributed by atoms with Gasteiger partial charge in [-0.15, -0.1) is 0 Å². The van der Waals surface area contributed by atoms with Gasteiger partial charge in [0.25, 0.3) is 0 Å². The molecule has 116 valence electrons. The molecule has 0 saturated carbocycles. The number of rotatable bonds is 2. The summed E-state index contributed by atoms with van der Waals surface area (Å²) in [6.07, 6.45) is 0. The van der Waals surface area contributed by atoms with E-state index in [2.05, 4.69) is 59.0 Å². The number of benzene rings is 3. The minimum absolute atomic E-state index is 0.730. The van der Waals surface area contributed by atoms with E-state index in [-0.39, 0.29) is 0 Å². The van der Waals surface area contributed by atoms with Crippen molar-refractivity contribution < 1.29 is 4.58 Å². The fourth-order valence-corrected chi connectivity index (χ4v) is 3.53. The third-order valence-electron chi connectivity index (χ3n) is 4.75. The fraction of sp³-hybridized carbons (Fsp3) is 0.143. The summed E-state index contributed by atoms with van der Waals surface area (Å²) in [6, 6.07) is 21.1. The van der Waals surface area contributed by atoms with Crippen LogP contribution in [0.4, 0.5) is 11.4 Å². The highest BCUT2D eigenvalue weighted by Gasteiger charge is 2.31. The Balaban J connectivity index is 1.96. The van der Waals surface area contributed by atoms with Gasteiger partial charge in [-0.25, -0.2) is 0 Å². The maximum Gasteiger partial charge on any atom is 0.220 e. The van der Waals surface area contributed by atoms with Gasteiger partial charge in [-0.1, -0.05) is 12.1 Å². The lowest BCUT2D eigenvalue weighted by Gasteiger charge is -2.12. The molecule has 1 aliphatic rings. The van der Waals surface area contributed by atoms with Gasteiger partial charge < -0.3 is 4.90 Å². The SMILES string of the molecule is CN(C)c1ccc(C2=[N+](C)c3cccc4c(C#N)ccc2c34)cc1. The van der Waals surface area contributed by atoms with Gasteiger partial charge in [-0.2, -0.15) is 9.84 Å². The number of hydrogen-bond donors (Lipinski definition) is 0. The van der Waals surface area contributed by atoms with Crippen LogP contribution in [0.15, 0.2) is 54.6 Å². The van der Waals surface area contributed by atoms with E-state index < -0.39 is 0 Å². The first kappa shape index (κ1) is 14.5. The molecule has 0 unspecified atom stereocenters. The molecule has 0 atom stereocenters. The molecular formula is C21H18N3+. The van der Waals surface area contributed by atoms with Gasteiger partial charge in [-0.3, -0.25) is 0 Å². The summed E-state index contributed by atoms with van der Waals surface area (Å²) in [5.74, 6) is 0. The molecule has 0 radical (unpaired) electrons. The second kappa shape index (κ2) is 5.21. The predicted molar refractivity (Wildman–Crippen MR) is 98.5 cm³/mol. The average Bonchev–Trinajstić information content (AvgIpc) is 2.89. The summed E-state index contributed by atoms with van der Waals surface area (Å²) in [7, 11) is 6.18. The maximum absolute atomic E-state index is 9.39. The topological polar surface area (TPSA) is 30.0 Å². The summed E-state index contributed by atoms with van der Waals surface area (Å²) in [6.45, 7) is 0. The molecule has 0 aromatic heterocycles. The largest absolute Gasteiger partial charge is 0.378 e. The summed E-state index contributed by atoms with van der Waals surface area (Å²) in [5, 5.41) is 11.6. The third kappa shape index (κ3) is 1.93. The van der Waals surface area contributed by atoms with Crippen molar-refractivity contribution in [3.63, 3.8) is 0 Å². The molecule has 0 aliphatic carbocycles. The van der Waals surface area contributed by atoms with Crippen molar-refractivity contribution in [1.29, 1.82) is 5.26 Å². The van der Waals surface area contributed by atoms with Crippen LogP contribution in [0.2, 0.25) is 0 Å². The van der Waals surface area contributed by atoms with Gasteiger partial charge in [0.1, 0.15) is 7.05 Å². The Hall–Kier alpha value is -3.12. The van der Waals surface area contributed by atoms with Crippen LogP contribution in [0.1, 0.15) is 16.7 Å². The molecule has 0 fully saturated rings. The van der Waals surface area contributed by atoms with E-state index >= 15 is 0 Å². The molecule has 0 N–H and O–H groups in total. The first-order valence-electron chi connectivity index (χ1n) is 7.96. The fourth-order valence-electron chi connectivity index (χ4n) is 3.53. The van der Waals surface area contributed by atoms with Crippen LogP contribution in [-0.2, 0) is 0 Å². The number of anilines is 1. The smallest absolute Gasteiger partial charge is 0.220 e. The van der Waals surface area contributed by atoms with Crippen molar-refractivity contribution in [2.45, 2.75) is 0 Å². The monoisotopic (exact) mass is 312 g/mol. The Bertz CT molecular complexity index is 1040. The molecule has 1 heterocycles. The molecule has 3 aromatic carbocycles. The minimum Gasteiger partial charge on any atom is -0.378 e. The lowest BCUT2D eigenvalue weighted by molar-refractivity contribution is -0.399. The highest BCUT2D eigenvalue weighted by Crippen LogP contribution is 2.37. The molecule has 0 amide bonds. The predicted octanol–water partition coefficient (Wildman–Crippen LogP) is 3.90. The van der Waals surface area contributed by atoms with Crippen molar-refractivity contribution in [1.82, 2.24) is 0 Å². The molecule has 4 rings (SSSR count). The first-order chi connectivity index (χ1) is 11.6. The average molecular weight is 312 g/mol. The Morgan fingerprint density at radius 1 is 0.958 bits per heavy atom. The quantitative estimate of drug-likeness (QED) is 0.672. The van der Waals surface area contributed by atoms with E-state index in [0.29, 0.717) is 0 Å². The highest BCUT2D eigenvalue weighted by atomic mass is 15.1. The highest BCUT2D eigenvalue weighted by molar-refractivity contribution is 6.22. The Labute approximate surface area is 141 Å². The van der Waals surface area contributed by atoms with E-state index in [0.717, 1.165) is 16.6 Å². The van der Waals surface area contributed by atoms with Crippen LogP contribution < -0.4 is 4.90 Å². The zero-order valence-corrected chi connectivity index (χ0v) is 14.0. The summed E-state index contributed by atoms with van der Waals surface area (Å²) in [4.78, 5) is 2.10. The van der Waals surface area contributed by atoms with Gasteiger partial charge in [0.05, 0.1) is 22.6 Å². The molecule has 3 heteroatoms. The summed E-state index contributed by atoms with van der Waals surface area (Å²) in [5.41, 5.74) is 6.64. The summed E-state index contributed by atoms with van der Waals surface area (Å²) < 4.78 is 2.23. The van der Waals surface area contributed by atoms with Crippen LogP contribution in [-0.4, -0.2) is 31.4 Å². The standard InChI is InChI=1S/C21H18N3/c1-23(2)16-10-7-14(8-11-16)21-18-12-9-15(13-22)17-5-4-6-19(20(17)18)24(21)3/h4-12H,1-3H3/q+1. The molecular weight excluding hydrogens is 294 g/mol. The van der Waals surface area contributed by atoms with Crippen LogP contribution in [0.5, 0.6) is 0 Å². The van der Waals surface area contributed by atoms with E-state index in [1.54, 1.807) is 0 Å². The van der Waals surface area contributed by atoms with Crippen molar-refractivity contribution in [2.75, 3.05) is 26.0 Å². The number of hydrogen-bond acceptors (Lipinski definition) is 2. The molecule has 1 aliphatic heterocycles. The molecule has 0 saturated heterocycles. The van der Waals surface area contributed by atoms with Crippen LogP contribution in [0, 0.1) is 11.3 Å². The van der Waals surface area contributed by atoms with Crippen molar-refractivity contribution in [2.24, 2.45) is 0 Å². The van der Waals surface area contributed by atoms with E-state index in [1.165, 1.54) is 27.9 Å². The molecule has 3 aromatic rings. The Morgan fingerprint density at radius 3 is 2.38 bits per heavy atom. The van der Waals surface area contributed by atoms with E-state index in [1.807, 2.05) is 32.3 Å². The minimum atomic E-state index is 0.730. The lowest BCUT2D eigenvalue weighted by atomic mass is 9.95. The molecule has 24 heavy (non-hydrogen) atoms. The Kier molecular flexibility index (Phi) is 3.14. The molecule has 0 spiro atoms. The van der Waals surface area contributed by atoms with Gasteiger partial charge in [0.15, 0.2) is 0 Å². The van der Waals surface area contributed by atoms with Gasteiger partial charge >= 0.3 is 0 Å². The van der Waals surface area contributed by atoms with E-state index in [9.17, 15) is 5.26 Å². The van der Waals surface area contributed by atoms with Crippen molar-refractivity contribution >= 4 is 27.9 Å². The normalized spacial score (nSPS) is 12.6. The third-order valence-corrected chi connectivity index (χ3v) is 4.75. The molecule has 3 nitrogen and oxygen atoms in total. The zero-order valence-electron chi connectivity index (χ0n) is 14.0. The Morgan fingerprint density at radius 2 is 1.71 bits per heavy atom.